The summed E-state index contributed by atoms with van der Waals surface area (Å²) in [5.74, 6) is -0.726. The van der Waals surface area contributed by atoms with Gasteiger partial charge in [-0.25, -0.2) is 0 Å². The van der Waals surface area contributed by atoms with Crippen LogP contribution in [0.15, 0.2) is 24.3 Å². The monoisotopic (exact) mass is 531 g/mol. The van der Waals surface area contributed by atoms with Crippen molar-refractivity contribution in [2.45, 2.75) is 57.4 Å². The number of carbonyl (C=O) groups excluding carboxylic acids is 2. The van der Waals surface area contributed by atoms with Crippen molar-refractivity contribution < 1.29 is 14.7 Å². The lowest BCUT2D eigenvalue weighted by Crippen LogP contribution is -2.49. The zero-order chi connectivity index (χ0) is 24.3. The highest BCUT2D eigenvalue weighted by molar-refractivity contribution is 5.89. The third-order valence-corrected chi connectivity index (χ3v) is 4.93. The number of nitrogens with zero attached hydrogens (tertiary/aromatic N) is 1. The van der Waals surface area contributed by atoms with Crippen molar-refractivity contribution in [3.8, 4) is 6.07 Å². The van der Waals surface area contributed by atoms with Gasteiger partial charge in [-0.15, -0.1) is 24.8 Å². The third-order valence-electron chi connectivity index (χ3n) is 4.93. The Morgan fingerprint density at radius 2 is 1.71 bits per heavy atom. The van der Waals surface area contributed by atoms with Crippen LogP contribution in [0.25, 0.3) is 0 Å². The van der Waals surface area contributed by atoms with Crippen LogP contribution in [0, 0.1) is 16.7 Å². The molecule has 1 aromatic rings. The Hall–Kier alpha value is -2.58. The van der Waals surface area contributed by atoms with E-state index in [9.17, 15) is 14.7 Å². The van der Waals surface area contributed by atoms with E-state index in [1.165, 1.54) is 5.56 Å². The lowest BCUT2D eigenvalue weighted by molar-refractivity contribution is -0.130. The first-order valence-electron chi connectivity index (χ1n) is 11.4. The van der Waals surface area contributed by atoms with Crippen LogP contribution in [-0.4, -0.2) is 55.2 Å². The zero-order valence-corrected chi connectivity index (χ0v) is 21.6. The number of aliphatic hydroxyl groups excluding tert-OH is 1. The molecule has 1 aromatic carbocycles. The summed E-state index contributed by atoms with van der Waals surface area (Å²) in [4.78, 5) is 24.2. The van der Waals surface area contributed by atoms with Gasteiger partial charge >= 0.3 is 0 Å². The summed E-state index contributed by atoms with van der Waals surface area (Å²) in [6.45, 7) is 1.47. The van der Waals surface area contributed by atoms with Crippen LogP contribution < -0.4 is 27.0 Å². The van der Waals surface area contributed by atoms with Gasteiger partial charge in [-0.05, 0) is 56.3 Å². The number of rotatable bonds is 17. The first-order chi connectivity index (χ1) is 16.0. The number of benzene rings is 1. The molecule has 0 unspecified atom stereocenters. The Balaban J connectivity index is 0. The Morgan fingerprint density at radius 3 is 2.34 bits per heavy atom. The summed E-state index contributed by atoms with van der Waals surface area (Å²) in [5.41, 5.74) is 7.24. The molecule has 0 saturated carbocycles. The van der Waals surface area contributed by atoms with Crippen LogP contribution in [-0.2, 0) is 16.0 Å². The number of nitriles is 1. The van der Waals surface area contributed by atoms with Crippen LogP contribution >= 0.6 is 24.8 Å². The average molecular weight is 533 g/mol. The molecule has 198 valence electrons. The molecule has 35 heavy (non-hydrogen) atoms. The van der Waals surface area contributed by atoms with Crippen molar-refractivity contribution in [2.24, 2.45) is 5.73 Å². The van der Waals surface area contributed by atoms with Gasteiger partial charge in [-0.3, -0.25) is 15.0 Å². The number of amides is 2. The summed E-state index contributed by atoms with van der Waals surface area (Å²) in [6.07, 6.45) is 5.81. The van der Waals surface area contributed by atoms with Gasteiger partial charge in [-0.2, -0.15) is 5.26 Å². The van der Waals surface area contributed by atoms with Crippen LogP contribution in [0.3, 0.4) is 0 Å². The quantitative estimate of drug-likeness (QED) is 0.0909. The fourth-order valence-corrected chi connectivity index (χ4v) is 3.14. The maximum atomic E-state index is 12.1. The van der Waals surface area contributed by atoms with Crippen molar-refractivity contribution in [3.05, 3.63) is 29.8 Å². The molecule has 8 N–H and O–H groups in total. The van der Waals surface area contributed by atoms with Crippen LogP contribution in [0.4, 0.5) is 5.69 Å². The van der Waals surface area contributed by atoms with Gasteiger partial charge in [0.2, 0.25) is 11.8 Å². The lowest BCUT2D eigenvalue weighted by Gasteiger charge is -2.16. The number of carbonyl (C=O) groups is 2. The minimum atomic E-state index is -0.937. The number of halogens is 2. The van der Waals surface area contributed by atoms with Gasteiger partial charge in [0.1, 0.15) is 6.04 Å². The van der Waals surface area contributed by atoms with Crippen molar-refractivity contribution in [2.75, 3.05) is 31.6 Å². The van der Waals surface area contributed by atoms with Crippen LogP contribution in [0.1, 0.15) is 50.5 Å². The van der Waals surface area contributed by atoms with E-state index in [0.29, 0.717) is 32.4 Å². The second-order valence-corrected chi connectivity index (χ2v) is 7.76. The Kier molecular flexibility index (Phi) is 21.7. The maximum absolute atomic E-state index is 12.1. The van der Waals surface area contributed by atoms with E-state index >= 15 is 0 Å². The topological polar surface area (TPSA) is 176 Å². The highest BCUT2D eigenvalue weighted by atomic mass is 35.5. The predicted octanol–water partition coefficient (Wildman–Crippen LogP) is 1.82. The van der Waals surface area contributed by atoms with E-state index in [1.54, 1.807) is 0 Å². The molecule has 0 radical (unpaired) electrons. The van der Waals surface area contributed by atoms with E-state index in [4.69, 9.17) is 16.4 Å². The Labute approximate surface area is 220 Å². The second kappa shape index (κ2) is 21.9. The van der Waals surface area contributed by atoms with Gasteiger partial charge in [0.25, 0.3) is 0 Å². The van der Waals surface area contributed by atoms with E-state index in [0.717, 1.165) is 44.3 Å². The molecule has 1 atom stereocenters. The Bertz CT molecular complexity index is 773. The minimum Gasteiger partial charge on any atom is -0.394 e. The summed E-state index contributed by atoms with van der Waals surface area (Å²) in [7, 11) is 0. The molecule has 12 heteroatoms. The number of aryl methyl sites for hydroxylation is 1. The molecule has 0 fully saturated rings. The van der Waals surface area contributed by atoms with E-state index in [-0.39, 0.29) is 42.6 Å². The predicted molar refractivity (Wildman–Crippen MR) is 143 cm³/mol. The summed E-state index contributed by atoms with van der Waals surface area (Å²) in [6, 6.07) is 8.83. The number of aliphatic hydroxyl groups is 1. The maximum Gasteiger partial charge on any atom is 0.244 e. The number of hydrogen-bond acceptors (Lipinski definition) is 6. The molecule has 0 aromatic heterocycles. The highest BCUT2D eigenvalue weighted by Gasteiger charge is 2.19. The van der Waals surface area contributed by atoms with Gasteiger partial charge in [-0.1, -0.05) is 18.6 Å². The molecule has 1 rings (SSSR count). The number of guanidine groups is 1. The fraction of sp³-hybridized carbons (Fsp3) is 0.565. The van der Waals surface area contributed by atoms with Gasteiger partial charge in [0.05, 0.1) is 12.7 Å². The molecule has 0 bridgehead atoms. The lowest BCUT2D eigenvalue weighted by atomic mass is 10.1. The zero-order valence-electron chi connectivity index (χ0n) is 20.0. The molecule has 0 aliphatic heterocycles. The van der Waals surface area contributed by atoms with Crippen molar-refractivity contribution in [3.63, 3.8) is 0 Å². The number of anilines is 1. The third kappa shape index (κ3) is 17.5. The van der Waals surface area contributed by atoms with E-state index in [2.05, 4.69) is 27.3 Å². The largest absolute Gasteiger partial charge is 0.394 e. The first-order valence-corrected chi connectivity index (χ1v) is 11.4. The van der Waals surface area contributed by atoms with Crippen molar-refractivity contribution >= 4 is 48.3 Å². The van der Waals surface area contributed by atoms with Crippen molar-refractivity contribution in [1.29, 1.82) is 10.7 Å². The summed E-state index contributed by atoms with van der Waals surface area (Å²) >= 11 is 0. The van der Waals surface area contributed by atoms with Gasteiger partial charge in [0.15, 0.2) is 5.96 Å². The molecular weight excluding hydrogens is 493 g/mol. The number of nitrogens with two attached hydrogens (primary N) is 1. The Morgan fingerprint density at radius 1 is 1.03 bits per heavy atom. The minimum absolute atomic E-state index is 0. The van der Waals surface area contributed by atoms with Crippen molar-refractivity contribution in [1.82, 2.24) is 16.0 Å². The van der Waals surface area contributed by atoms with E-state index in [1.807, 2.05) is 24.3 Å². The second-order valence-electron chi connectivity index (χ2n) is 7.76. The smallest absolute Gasteiger partial charge is 0.244 e. The molecular formula is C23H39Cl2N7O3. The fourth-order valence-electron chi connectivity index (χ4n) is 3.14. The highest BCUT2D eigenvalue weighted by Crippen LogP contribution is 2.12. The van der Waals surface area contributed by atoms with Gasteiger partial charge < -0.3 is 32.1 Å². The molecule has 0 aliphatic rings. The van der Waals surface area contributed by atoms with Crippen LogP contribution in [0.5, 0.6) is 0 Å². The van der Waals surface area contributed by atoms with Crippen LogP contribution in [0.2, 0.25) is 0 Å². The molecule has 2 amide bonds. The first kappa shape index (κ1) is 34.6. The number of nitrogens with one attached hydrogen (secondary N) is 5. The molecule has 0 heterocycles. The molecule has 0 aliphatic carbocycles. The number of unbranched alkanes of at least 4 members (excludes halogenated alkanes) is 3. The van der Waals surface area contributed by atoms with E-state index < -0.39 is 12.6 Å². The normalized spacial score (nSPS) is 10.6. The SMILES string of the molecule is Cl.Cl.N#CCCNCCCCNC(=O)[C@H](CO)NC(=O)CCCCCc1ccc(NC(=N)N)cc1. The molecule has 0 spiro atoms. The number of hydrogen-bond donors (Lipinski definition) is 7. The standard InChI is InChI=1S/C23H37N7O3.2ClH/c24-13-6-15-27-14-4-5-16-28-22(33)20(17-31)30-21(32)8-3-1-2-7-18-9-11-19(12-10-18)29-23(25)26;;/h9-12,20,27,31H,1-8,14-17H2,(H,28,33)(H,30,32)(H4,25,26,29);2*1H/t20-;;/m0../s1. The molecule has 10 nitrogen and oxygen atoms in total. The summed E-state index contributed by atoms with van der Waals surface area (Å²) < 4.78 is 0. The molecule has 0 saturated heterocycles. The van der Waals surface area contributed by atoms with Gasteiger partial charge in [0, 0.05) is 31.6 Å². The average Bonchev–Trinajstić information content (AvgIpc) is 2.79. The summed E-state index contributed by atoms with van der Waals surface area (Å²) in [5, 5.41) is 36.3.